The normalized spacial score (nSPS) is 20.2. The van der Waals surface area contributed by atoms with Gasteiger partial charge in [0.1, 0.15) is 11.5 Å². The molecule has 1 aliphatic carbocycles. The molecule has 1 unspecified atom stereocenters. The molecule has 7 heteroatoms. The van der Waals surface area contributed by atoms with Gasteiger partial charge in [0.05, 0.1) is 18.8 Å². The van der Waals surface area contributed by atoms with Crippen molar-refractivity contribution in [1.29, 1.82) is 0 Å². The van der Waals surface area contributed by atoms with Crippen LogP contribution in [-0.2, 0) is 17.8 Å². The van der Waals surface area contributed by atoms with Gasteiger partial charge in [0.25, 0.3) is 5.91 Å². The molecular formula is C17H22N4O3. The highest BCUT2D eigenvalue weighted by Crippen LogP contribution is 2.34. The molecule has 1 fully saturated rings. The van der Waals surface area contributed by atoms with Crippen LogP contribution in [0.4, 0.5) is 0 Å². The third-order valence-corrected chi connectivity index (χ3v) is 4.75. The third-order valence-electron chi connectivity index (χ3n) is 4.75. The van der Waals surface area contributed by atoms with Crippen LogP contribution in [0.3, 0.4) is 0 Å². The van der Waals surface area contributed by atoms with E-state index in [4.69, 9.17) is 9.15 Å². The minimum atomic E-state index is -0.105. The van der Waals surface area contributed by atoms with Gasteiger partial charge in [-0.25, -0.2) is 4.68 Å². The Morgan fingerprint density at radius 2 is 2.25 bits per heavy atom. The fraction of sp³-hybridized carbons (Fsp3) is 0.588. The number of amides is 1. The summed E-state index contributed by atoms with van der Waals surface area (Å²) in [5, 5.41) is 8.67. The zero-order valence-corrected chi connectivity index (χ0v) is 14.1. The highest BCUT2D eigenvalue weighted by molar-refractivity contribution is 5.91. The third kappa shape index (κ3) is 2.84. The second kappa shape index (κ2) is 6.05. The zero-order valence-electron chi connectivity index (χ0n) is 14.1. The largest absolute Gasteiger partial charge is 0.456 e. The molecule has 3 heterocycles. The van der Waals surface area contributed by atoms with E-state index < -0.39 is 0 Å². The molecule has 0 N–H and O–H groups in total. The number of aryl methyl sites for hydroxylation is 1. The molecule has 1 amide bonds. The summed E-state index contributed by atoms with van der Waals surface area (Å²) in [4.78, 5) is 14.5. The molecule has 2 aliphatic rings. The first-order chi connectivity index (χ1) is 11.7. The number of carbonyl (C=O) groups excluding carboxylic acids is 1. The topological polar surface area (TPSA) is 73.4 Å². The SMILES string of the molecule is COCC1CN(C(=O)c2ccc(C)o2)Cc2nnn(CC3CC3)c21. The summed E-state index contributed by atoms with van der Waals surface area (Å²) in [6, 6.07) is 3.53. The van der Waals surface area contributed by atoms with Crippen LogP contribution in [-0.4, -0.2) is 46.1 Å². The molecule has 2 aromatic heterocycles. The monoisotopic (exact) mass is 330 g/mol. The summed E-state index contributed by atoms with van der Waals surface area (Å²) in [5.41, 5.74) is 2.00. The molecule has 4 rings (SSSR count). The van der Waals surface area contributed by atoms with Gasteiger partial charge in [0.15, 0.2) is 5.76 Å². The molecule has 1 aliphatic heterocycles. The number of hydrogen-bond acceptors (Lipinski definition) is 5. The van der Waals surface area contributed by atoms with Crippen LogP contribution < -0.4 is 0 Å². The van der Waals surface area contributed by atoms with Crippen molar-refractivity contribution in [3.8, 4) is 0 Å². The van der Waals surface area contributed by atoms with Crippen molar-refractivity contribution >= 4 is 5.91 Å². The lowest BCUT2D eigenvalue weighted by molar-refractivity contribution is 0.0640. The highest BCUT2D eigenvalue weighted by Gasteiger charge is 2.35. The Morgan fingerprint density at radius 3 is 2.92 bits per heavy atom. The molecule has 0 radical (unpaired) electrons. The predicted molar refractivity (Wildman–Crippen MR) is 85.5 cm³/mol. The lowest BCUT2D eigenvalue weighted by Crippen LogP contribution is -2.40. The van der Waals surface area contributed by atoms with Gasteiger partial charge in [-0.3, -0.25) is 4.79 Å². The van der Waals surface area contributed by atoms with E-state index in [1.54, 1.807) is 24.1 Å². The quantitative estimate of drug-likeness (QED) is 0.838. The average molecular weight is 330 g/mol. The number of furan rings is 1. The summed E-state index contributed by atoms with van der Waals surface area (Å²) in [5.74, 6) is 1.82. The molecule has 0 bridgehead atoms. The highest BCUT2D eigenvalue weighted by atomic mass is 16.5. The minimum Gasteiger partial charge on any atom is -0.456 e. The molecule has 2 aromatic rings. The van der Waals surface area contributed by atoms with Crippen LogP contribution in [0.25, 0.3) is 0 Å². The van der Waals surface area contributed by atoms with Crippen molar-refractivity contribution in [3.63, 3.8) is 0 Å². The lowest BCUT2D eigenvalue weighted by Gasteiger charge is -2.31. The Balaban J connectivity index is 1.59. The van der Waals surface area contributed by atoms with E-state index in [0.29, 0.717) is 25.5 Å². The number of nitrogens with zero attached hydrogens (tertiary/aromatic N) is 4. The van der Waals surface area contributed by atoms with Crippen molar-refractivity contribution in [2.45, 2.75) is 38.8 Å². The van der Waals surface area contributed by atoms with Crippen molar-refractivity contribution in [1.82, 2.24) is 19.9 Å². The van der Waals surface area contributed by atoms with Crippen LogP contribution in [0.2, 0.25) is 0 Å². The maximum Gasteiger partial charge on any atom is 0.289 e. The Morgan fingerprint density at radius 1 is 1.42 bits per heavy atom. The number of hydrogen-bond donors (Lipinski definition) is 0. The Kier molecular flexibility index (Phi) is 3.88. The first-order valence-electron chi connectivity index (χ1n) is 8.42. The van der Waals surface area contributed by atoms with E-state index in [1.165, 1.54) is 12.8 Å². The molecule has 1 saturated carbocycles. The van der Waals surface area contributed by atoms with E-state index in [1.807, 2.05) is 11.6 Å². The van der Waals surface area contributed by atoms with Crippen LogP contribution in [0, 0.1) is 12.8 Å². The summed E-state index contributed by atoms with van der Waals surface area (Å²) in [7, 11) is 1.69. The second-order valence-corrected chi connectivity index (χ2v) is 6.80. The Labute approximate surface area is 140 Å². The van der Waals surface area contributed by atoms with Gasteiger partial charge in [-0.1, -0.05) is 5.21 Å². The fourth-order valence-corrected chi connectivity index (χ4v) is 3.39. The molecular weight excluding hydrogens is 308 g/mol. The van der Waals surface area contributed by atoms with Crippen molar-refractivity contribution in [3.05, 3.63) is 35.0 Å². The standard InChI is InChI=1S/C17H22N4O3/c1-11-3-6-15(24-11)17(22)20-8-13(10-23-2)16-14(9-20)18-19-21(16)7-12-4-5-12/h3,6,12-13H,4-5,7-10H2,1-2H3. The summed E-state index contributed by atoms with van der Waals surface area (Å²) >= 11 is 0. The van der Waals surface area contributed by atoms with Crippen LogP contribution in [0.5, 0.6) is 0 Å². The van der Waals surface area contributed by atoms with Gasteiger partial charge in [-0.05, 0) is 37.8 Å². The van der Waals surface area contributed by atoms with Crippen LogP contribution in [0.1, 0.15) is 46.5 Å². The van der Waals surface area contributed by atoms with E-state index in [-0.39, 0.29) is 11.8 Å². The van der Waals surface area contributed by atoms with Crippen molar-refractivity contribution in [2.24, 2.45) is 5.92 Å². The second-order valence-electron chi connectivity index (χ2n) is 6.80. The fourth-order valence-electron chi connectivity index (χ4n) is 3.39. The summed E-state index contributed by atoms with van der Waals surface area (Å²) in [6.07, 6.45) is 2.54. The summed E-state index contributed by atoms with van der Waals surface area (Å²) < 4.78 is 12.9. The molecule has 24 heavy (non-hydrogen) atoms. The Bertz CT molecular complexity index is 747. The molecule has 0 spiro atoms. The first kappa shape index (κ1) is 15.4. The minimum absolute atomic E-state index is 0.0903. The number of methoxy groups -OCH3 is 1. The van der Waals surface area contributed by atoms with Gasteiger partial charge in [-0.15, -0.1) is 5.10 Å². The van der Waals surface area contributed by atoms with E-state index in [9.17, 15) is 4.79 Å². The van der Waals surface area contributed by atoms with Gasteiger partial charge in [-0.2, -0.15) is 0 Å². The van der Waals surface area contributed by atoms with E-state index in [2.05, 4.69) is 10.3 Å². The first-order valence-corrected chi connectivity index (χ1v) is 8.42. The van der Waals surface area contributed by atoms with Gasteiger partial charge < -0.3 is 14.1 Å². The van der Waals surface area contributed by atoms with Crippen molar-refractivity contribution < 1.29 is 13.9 Å². The van der Waals surface area contributed by atoms with Gasteiger partial charge in [0.2, 0.25) is 0 Å². The number of fused-ring (bicyclic) bond motifs is 1. The Hall–Kier alpha value is -2.15. The number of rotatable bonds is 5. The molecule has 128 valence electrons. The van der Waals surface area contributed by atoms with E-state index >= 15 is 0 Å². The molecule has 0 aromatic carbocycles. The summed E-state index contributed by atoms with van der Waals surface area (Å²) in [6.45, 7) is 4.37. The number of carbonyl (C=O) groups is 1. The zero-order chi connectivity index (χ0) is 16.7. The van der Waals surface area contributed by atoms with Crippen molar-refractivity contribution in [2.75, 3.05) is 20.3 Å². The van der Waals surface area contributed by atoms with Gasteiger partial charge in [0, 0.05) is 26.1 Å². The molecule has 7 nitrogen and oxygen atoms in total. The predicted octanol–water partition coefficient (Wildman–Crippen LogP) is 1.98. The number of aromatic nitrogens is 3. The van der Waals surface area contributed by atoms with E-state index in [0.717, 1.165) is 29.6 Å². The van der Waals surface area contributed by atoms with Gasteiger partial charge >= 0.3 is 0 Å². The molecule has 0 saturated heterocycles. The van der Waals surface area contributed by atoms with Crippen LogP contribution in [0.15, 0.2) is 16.5 Å². The maximum atomic E-state index is 12.7. The maximum absolute atomic E-state index is 12.7. The average Bonchev–Trinajstić information content (AvgIpc) is 3.13. The van der Waals surface area contributed by atoms with Crippen LogP contribution >= 0.6 is 0 Å². The molecule has 1 atom stereocenters. The smallest absolute Gasteiger partial charge is 0.289 e. The number of ether oxygens (including phenoxy) is 1. The lowest BCUT2D eigenvalue weighted by atomic mass is 9.98.